The molecule has 0 saturated carbocycles. The van der Waals surface area contributed by atoms with Gasteiger partial charge in [0.05, 0.1) is 25.3 Å². The Bertz CT molecular complexity index is 1750. The molecule has 52 heavy (non-hydrogen) atoms. The molecule has 274 valence electrons. The van der Waals surface area contributed by atoms with Crippen LogP contribution in [0.25, 0.3) is 0 Å². The molecule has 0 fully saturated rings. The van der Waals surface area contributed by atoms with Crippen LogP contribution in [0.15, 0.2) is 60.7 Å². The molecule has 0 unspecified atom stereocenters. The summed E-state index contributed by atoms with van der Waals surface area (Å²) in [6.45, 7) is 9.21. The summed E-state index contributed by atoms with van der Waals surface area (Å²) in [5.41, 5.74) is 8.56. The summed E-state index contributed by atoms with van der Waals surface area (Å²) in [6, 6.07) is 18.0. The molecule has 3 aromatic rings. The van der Waals surface area contributed by atoms with E-state index in [0.717, 1.165) is 22.3 Å². The largest absolute Gasteiger partial charge is 0.465 e. The third kappa shape index (κ3) is 15.8. The van der Waals surface area contributed by atoms with Gasteiger partial charge < -0.3 is 40.1 Å². The summed E-state index contributed by atoms with van der Waals surface area (Å²) in [5, 5.41) is 5.27. The molecule has 0 heterocycles. The predicted molar refractivity (Wildman–Crippen MR) is 192 cm³/mol. The summed E-state index contributed by atoms with van der Waals surface area (Å²) >= 11 is 0. The number of ether oxygens (including phenoxy) is 5. The molecule has 3 rings (SSSR count). The first-order chi connectivity index (χ1) is 24.6. The number of primary amides is 1. The molecule has 0 atom stereocenters. The average molecular weight is 714 g/mol. The lowest BCUT2D eigenvalue weighted by molar-refractivity contribution is 0.0586. The summed E-state index contributed by atoms with van der Waals surface area (Å²) in [7, 11) is 2.40. The van der Waals surface area contributed by atoms with Gasteiger partial charge in [-0.1, -0.05) is 83.3 Å². The number of alkyl carbamates (subject to hydrolysis) is 2. The Morgan fingerprint density at radius 3 is 1.38 bits per heavy atom. The van der Waals surface area contributed by atoms with Gasteiger partial charge in [0, 0.05) is 24.2 Å². The third-order valence-electron chi connectivity index (χ3n) is 6.41. The molecule has 0 spiro atoms. The standard InChI is InChI=1S/C34H32N2O8.C5H11NO2/c1-23-9-5-11-25(17-23)21-35-33(39)43-15-7-13-27-19-30(32(38)42-4)28(20-29(27)31(37)41-3)14-8-16-44-34(40)36-22-26-12-6-10-24(2)18-26;1-5(2,3)8-4(6)7/h5-6,9-12,17-20H,15-16,21-22H2,1-4H3,(H,35,39)(H,36,40);1-3H3,(H2,6,7). The molecule has 13 heteroatoms. The van der Waals surface area contributed by atoms with Crippen molar-refractivity contribution >= 4 is 30.2 Å². The van der Waals surface area contributed by atoms with Crippen molar-refractivity contribution in [1.29, 1.82) is 0 Å². The number of hydrogen-bond acceptors (Lipinski definition) is 10. The zero-order chi connectivity index (χ0) is 38.7. The van der Waals surface area contributed by atoms with Crippen molar-refractivity contribution in [3.8, 4) is 23.7 Å². The van der Waals surface area contributed by atoms with E-state index in [1.165, 1.54) is 26.4 Å². The molecule has 13 nitrogen and oxygen atoms in total. The van der Waals surface area contributed by atoms with Crippen molar-refractivity contribution in [1.82, 2.24) is 10.6 Å². The van der Waals surface area contributed by atoms with Crippen LogP contribution in [0.1, 0.15) is 74.9 Å². The first kappa shape index (κ1) is 41.7. The van der Waals surface area contributed by atoms with E-state index in [2.05, 4.69) is 39.1 Å². The van der Waals surface area contributed by atoms with Gasteiger partial charge in [-0.05, 0) is 57.9 Å². The maximum absolute atomic E-state index is 12.5. The highest BCUT2D eigenvalue weighted by Crippen LogP contribution is 2.19. The van der Waals surface area contributed by atoms with Crippen LogP contribution in [0.3, 0.4) is 0 Å². The Labute approximate surface area is 303 Å². The predicted octanol–water partition coefficient (Wildman–Crippen LogP) is 5.31. The number of esters is 2. The van der Waals surface area contributed by atoms with Crippen LogP contribution in [0, 0.1) is 37.5 Å². The monoisotopic (exact) mass is 713 g/mol. The first-order valence-electron chi connectivity index (χ1n) is 15.8. The minimum atomic E-state index is -0.725. The number of amides is 3. The molecule has 0 aliphatic heterocycles. The fraction of sp³-hybridized carbons (Fsp3) is 0.308. The molecule has 3 aromatic carbocycles. The lowest BCUT2D eigenvalue weighted by Crippen LogP contribution is -2.27. The zero-order valence-corrected chi connectivity index (χ0v) is 30.3. The number of aryl methyl sites for hydroxylation is 2. The van der Waals surface area contributed by atoms with Crippen molar-refractivity contribution in [2.24, 2.45) is 5.73 Å². The Hall–Kier alpha value is -6.47. The minimum Gasteiger partial charge on any atom is -0.465 e. The second kappa shape index (κ2) is 20.9. The van der Waals surface area contributed by atoms with E-state index >= 15 is 0 Å². The van der Waals surface area contributed by atoms with Gasteiger partial charge in [0.15, 0.2) is 13.2 Å². The molecule has 0 aromatic heterocycles. The Morgan fingerprint density at radius 1 is 0.673 bits per heavy atom. The summed E-state index contributed by atoms with van der Waals surface area (Å²) in [6.07, 6.45) is -2.06. The molecular weight excluding hydrogens is 670 g/mol. The van der Waals surface area contributed by atoms with Crippen molar-refractivity contribution < 1.29 is 47.7 Å². The van der Waals surface area contributed by atoms with Gasteiger partial charge in [0.1, 0.15) is 5.60 Å². The van der Waals surface area contributed by atoms with Gasteiger partial charge in [0.2, 0.25) is 0 Å². The Morgan fingerprint density at radius 2 is 1.08 bits per heavy atom. The van der Waals surface area contributed by atoms with Crippen LogP contribution >= 0.6 is 0 Å². The number of nitrogens with one attached hydrogen (secondary N) is 2. The van der Waals surface area contributed by atoms with Crippen molar-refractivity contribution in [2.75, 3.05) is 27.4 Å². The lowest BCUT2D eigenvalue weighted by atomic mass is 9.98. The van der Waals surface area contributed by atoms with Crippen LogP contribution < -0.4 is 16.4 Å². The topological polar surface area (TPSA) is 182 Å². The lowest BCUT2D eigenvalue weighted by Gasteiger charge is -2.16. The smallest absolute Gasteiger partial charge is 0.408 e. The van der Waals surface area contributed by atoms with Crippen LogP contribution in [0.2, 0.25) is 0 Å². The van der Waals surface area contributed by atoms with E-state index in [0.29, 0.717) is 0 Å². The number of rotatable bonds is 8. The molecule has 0 bridgehead atoms. The van der Waals surface area contributed by atoms with Crippen molar-refractivity contribution in [3.05, 3.63) is 105 Å². The number of methoxy groups -OCH3 is 2. The van der Waals surface area contributed by atoms with Crippen molar-refractivity contribution in [2.45, 2.75) is 53.3 Å². The SMILES string of the molecule is CC(C)(C)OC(N)=O.COC(=O)c1cc(C#CCOC(=O)NCc2cccc(C)c2)c(C(=O)OC)cc1C#CCOC(=O)NCc1cccc(C)c1. The number of nitrogens with two attached hydrogens (primary N) is 1. The molecule has 0 aliphatic carbocycles. The molecule has 0 aliphatic rings. The number of benzene rings is 3. The fourth-order valence-corrected chi connectivity index (χ4v) is 4.23. The van der Waals surface area contributed by atoms with Gasteiger partial charge >= 0.3 is 30.2 Å². The van der Waals surface area contributed by atoms with Crippen LogP contribution in [0.5, 0.6) is 0 Å². The van der Waals surface area contributed by atoms with Gasteiger partial charge in [-0.2, -0.15) is 0 Å². The molecule has 4 N–H and O–H groups in total. The average Bonchev–Trinajstić information content (AvgIpc) is 3.08. The highest BCUT2D eigenvalue weighted by Gasteiger charge is 2.19. The van der Waals surface area contributed by atoms with E-state index in [4.69, 9.17) is 24.7 Å². The number of hydrogen-bond donors (Lipinski definition) is 3. The highest BCUT2D eigenvalue weighted by atomic mass is 16.6. The second-order valence-electron chi connectivity index (χ2n) is 11.9. The maximum atomic E-state index is 12.5. The van der Waals surface area contributed by atoms with Crippen LogP contribution in [-0.2, 0) is 36.8 Å². The van der Waals surface area contributed by atoms with Crippen LogP contribution in [0.4, 0.5) is 14.4 Å². The summed E-state index contributed by atoms with van der Waals surface area (Å²) in [5.74, 6) is 9.34. The van der Waals surface area contributed by atoms with Crippen LogP contribution in [-0.4, -0.2) is 63.3 Å². The summed E-state index contributed by atoms with van der Waals surface area (Å²) in [4.78, 5) is 59.2. The van der Waals surface area contributed by atoms with E-state index in [1.807, 2.05) is 62.4 Å². The van der Waals surface area contributed by atoms with E-state index in [1.54, 1.807) is 20.8 Å². The summed E-state index contributed by atoms with van der Waals surface area (Å²) < 4.78 is 24.5. The molecule has 0 radical (unpaired) electrons. The molecular formula is C39H43N3O10. The van der Waals surface area contributed by atoms with E-state index in [-0.39, 0.29) is 48.6 Å². The van der Waals surface area contributed by atoms with Crippen molar-refractivity contribution in [3.63, 3.8) is 0 Å². The third-order valence-corrected chi connectivity index (χ3v) is 6.41. The molecule has 0 saturated heterocycles. The number of carbonyl (C=O) groups is 5. The Balaban J connectivity index is 0.00000104. The van der Waals surface area contributed by atoms with Gasteiger partial charge in [0.25, 0.3) is 0 Å². The minimum absolute atomic E-state index is 0.0256. The molecule has 3 amide bonds. The van der Waals surface area contributed by atoms with Gasteiger partial charge in [-0.25, -0.2) is 24.0 Å². The van der Waals surface area contributed by atoms with E-state index in [9.17, 15) is 24.0 Å². The maximum Gasteiger partial charge on any atom is 0.408 e. The first-order valence-corrected chi connectivity index (χ1v) is 15.8. The van der Waals surface area contributed by atoms with Gasteiger partial charge in [-0.3, -0.25) is 0 Å². The Kier molecular flexibility index (Phi) is 16.8. The second-order valence-corrected chi connectivity index (χ2v) is 11.9. The zero-order valence-electron chi connectivity index (χ0n) is 30.3. The number of carbonyl (C=O) groups excluding carboxylic acids is 5. The van der Waals surface area contributed by atoms with E-state index < -0.39 is 35.8 Å². The quantitative estimate of drug-likeness (QED) is 0.157. The highest BCUT2D eigenvalue weighted by molar-refractivity contribution is 5.98. The van der Waals surface area contributed by atoms with Gasteiger partial charge in [-0.15, -0.1) is 0 Å². The normalized spacial score (nSPS) is 9.90. The fourth-order valence-electron chi connectivity index (χ4n) is 4.23.